The van der Waals surface area contributed by atoms with Gasteiger partial charge in [-0.15, -0.1) is 11.3 Å². The van der Waals surface area contributed by atoms with E-state index in [1.54, 1.807) is 30.4 Å². The Labute approximate surface area is 120 Å². The Bertz CT molecular complexity index is 731. The van der Waals surface area contributed by atoms with Crippen molar-refractivity contribution >= 4 is 27.3 Å². The quantitative estimate of drug-likeness (QED) is 0.677. The van der Waals surface area contributed by atoms with E-state index >= 15 is 0 Å². The maximum atomic E-state index is 11.3. The van der Waals surface area contributed by atoms with Crippen LogP contribution < -0.4 is 4.74 Å². The molecule has 3 aromatic rings. The summed E-state index contributed by atoms with van der Waals surface area (Å²) in [5, 5.41) is 0.930. The minimum absolute atomic E-state index is 0.0374. The van der Waals surface area contributed by atoms with Crippen LogP contribution in [0.3, 0.4) is 0 Å². The van der Waals surface area contributed by atoms with Crippen molar-refractivity contribution in [1.82, 2.24) is 4.98 Å². The van der Waals surface area contributed by atoms with Crippen molar-refractivity contribution in [2.75, 3.05) is 0 Å². The van der Waals surface area contributed by atoms with E-state index in [-0.39, 0.29) is 5.78 Å². The van der Waals surface area contributed by atoms with E-state index in [0.29, 0.717) is 17.9 Å². The van der Waals surface area contributed by atoms with Crippen molar-refractivity contribution in [3.8, 4) is 5.75 Å². The molecular formula is C16H13NO2S. The molecule has 0 saturated carbocycles. The number of rotatable bonds is 4. The van der Waals surface area contributed by atoms with Gasteiger partial charge < -0.3 is 4.74 Å². The zero-order valence-corrected chi connectivity index (χ0v) is 11.8. The number of ketones is 1. The molecule has 0 saturated heterocycles. The zero-order chi connectivity index (χ0) is 13.9. The standard InChI is InChI=1S/C16H13NO2S/c1-11(18)12-5-4-6-13(9-12)19-10-16-17-14-7-2-3-8-15(14)20-16/h2-9H,10H2,1H3. The molecule has 0 aliphatic rings. The first-order valence-electron chi connectivity index (χ1n) is 6.30. The molecule has 1 aromatic heterocycles. The Kier molecular flexibility index (Phi) is 3.48. The van der Waals surface area contributed by atoms with Gasteiger partial charge in [0.25, 0.3) is 0 Å². The highest BCUT2D eigenvalue weighted by Crippen LogP contribution is 2.23. The lowest BCUT2D eigenvalue weighted by molar-refractivity contribution is 0.101. The van der Waals surface area contributed by atoms with E-state index in [9.17, 15) is 4.79 Å². The van der Waals surface area contributed by atoms with Crippen LogP contribution in [0, 0.1) is 0 Å². The van der Waals surface area contributed by atoms with E-state index in [0.717, 1.165) is 15.2 Å². The van der Waals surface area contributed by atoms with Gasteiger partial charge in [-0.3, -0.25) is 4.79 Å². The normalized spacial score (nSPS) is 10.7. The molecule has 20 heavy (non-hydrogen) atoms. The molecule has 4 heteroatoms. The number of thiazole rings is 1. The second-order valence-corrected chi connectivity index (χ2v) is 5.56. The first kappa shape index (κ1) is 12.8. The van der Waals surface area contributed by atoms with Crippen molar-refractivity contribution < 1.29 is 9.53 Å². The van der Waals surface area contributed by atoms with Crippen molar-refractivity contribution in [3.05, 3.63) is 59.1 Å². The number of hydrogen-bond donors (Lipinski definition) is 0. The third-order valence-electron chi connectivity index (χ3n) is 2.94. The molecule has 0 spiro atoms. The van der Waals surface area contributed by atoms with Crippen molar-refractivity contribution in [3.63, 3.8) is 0 Å². The van der Waals surface area contributed by atoms with E-state index in [1.165, 1.54) is 0 Å². The predicted octanol–water partition coefficient (Wildman–Crippen LogP) is 4.08. The predicted molar refractivity (Wildman–Crippen MR) is 80.4 cm³/mol. The number of carbonyl (C=O) groups is 1. The van der Waals surface area contributed by atoms with Gasteiger partial charge in [-0.1, -0.05) is 24.3 Å². The molecule has 0 amide bonds. The number of para-hydroxylation sites is 1. The highest BCUT2D eigenvalue weighted by Gasteiger charge is 2.05. The molecule has 100 valence electrons. The number of benzene rings is 2. The molecule has 2 aromatic carbocycles. The van der Waals surface area contributed by atoms with Gasteiger partial charge in [0.1, 0.15) is 17.4 Å². The molecule has 0 aliphatic heterocycles. The number of ether oxygens (including phenoxy) is 1. The van der Waals surface area contributed by atoms with Crippen LogP contribution in [0.25, 0.3) is 10.2 Å². The van der Waals surface area contributed by atoms with Gasteiger partial charge in [-0.05, 0) is 31.2 Å². The average Bonchev–Trinajstić information content (AvgIpc) is 2.88. The summed E-state index contributed by atoms with van der Waals surface area (Å²) in [4.78, 5) is 15.8. The lowest BCUT2D eigenvalue weighted by atomic mass is 10.1. The maximum Gasteiger partial charge on any atom is 0.159 e. The fourth-order valence-corrected chi connectivity index (χ4v) is 2.81. The molecule has 0 radical (unpaired) electrons. The first-order chi connectivity index (χ1) is 9.72. The van der Waals surface area contributed by atoms with Crippen LogP contribution in [-0.2, 0) is 6.61 Å². The lowest BCUT2D eigenvalue weighted by Crippen LogP contribution is -1.97. The van der Waals surface area contributed by atoms with E-state index in [2.05, 4.69) is 4.98 Å². The van der Waals surface area contributed by atoms with Crippen molar-refractivity contribution in [1.29, 1.82) is 0 Å². The largest absolute Gasteiger partial charge is 0.486 e. The topological polar surface area (TPSA) is 39.2 Å². The minimum atomic E-state index is 0.0374. The van der Waals surface area contributed by atoms with Crippen LogP contribution in [0.15, 0.2) is 48.5 Å². The highest BCUT2D eigenvalue weighted by atomic mass is 32.1. The lowest BCUT2D eigenvalue weighted by Gasteiger charge is -2.04. The molecule has 0 fully saturated rings. The number of nitrogens with zero attached hydrogens (tertiary/aromatic N) is 1. The van der Waals surface area contributed by atoms with Crippen molar-refractivity contribution in [2.24, 2.45) is 0 Å². The van der Waals surface area contributed by atoms with Gasteiger partial charge in [0.05, 0.1) is 10.2 Å². The summed E-state index contributed by atoms with van der Waals surface area (Å²) >= 11 is 1.62. The third kappa shape index (κ3) is 2.70. The van der Waals surface area contributed by atoms with E-state index < -0.39 is 0 Å². The molecule has 0 bridgehead atoms. The van der Waals surface area contributed by atoms with Gasteiger partial charge >= 0.3 is 0 Å². The molecule has 0 N–H and O–H groups in total. The Morgan fingerprint density at radius 1 is 1.20 bits per heavy atom. The fourth-order valence-electron chi connectivity index (χ4n) is 1.93. The molecule has 0 atom stereocenters. The number of carbonyl (C=O) groups excluding carboxylic acids is 1. The van der Waals surface area contributed by atoms with Crippen LogP contribution in [-0.4, -0.2) is 10.8 Å². The summed E-state index contributed by atoms with van der Waals surface area (Å²) in [7, 11) is 0. The number of fused-ring (bicyclic) bond motifs is 1. The van der Waals surface area contributed by atoms with Crippen LogP contribution in [0.1, 0.15) is 22.3 Å². The Morgan fingerprint density at radius 3 is 2.85 bits per heavy atom. The summed E-state index contributed by atoms with van der Waals surface area (Å²) in [5.41, 5.74) is 1.65. The molecule has 1 heterocycles. The van der Waals surface area contributed by atoms with Gasteiger partial charge in [0.2, 0.25) is 0 Å². The number of aromatic nitrogens is 1. The minimum Gasteiger partial charge on any atom is -0.486 e. The monoisotopic (exact) mass is 283 g/mol. The maximum absolute atomic E-state index is 11.3. The smallest absolute Gasteiger partial charge is 0.159 e. The Morgan fingerprint density at radius 2 is 2.05 bits per heavy atom. The van der Waals surface area contributed by atoms with Crippen LogP contribution in [0.2, 0.25) is 0 Å². The Hall–Kier alpha value is -2.20. The second kappa shape index (κ2) is 5.43. The fraction of sp³-hybridized carbons (Fsp3) is 0.125. The third-order valence-corrected chi connectivity index (χ3v) is 3.95. The Balaban J connectivity index is 1.75. The summed E-state index contributed by atoms with van der Waals surface area (Å²) in [6, 6.07) is 15.2. The van der Waals surface area contributed by atoms with Crippen molar-refractivity contribution in [2.45, 2.75) is 13.5 Å². The van der Waals surface area contributed by atoms with Gasteiger partial charge in [0.15, 0.2) is 5.78 Å². The number of hydrogen-bond acceptors (Lipinski definition) is 4. The zero-order valence-electron chi connectivity index (χ0n) is 11.0. The van der Waals surface area contributed by atoms with Crippen LogP contribution in [0.5, 0.6) is 5.75 Å². The molecular weight excluding hydrogens is 270 g/mol. The van der Waals surface area contributed by atoms with Gasteiger partial charge in [-0.2, -0.15) is 0 Å². The van der Waals surface area contributed by atoms with Crippen LogP contribution >= 0.6 is 11.3 Å². The summed E-state index contributed by atoms with van der Waals surface area (Å²) < 4.78 is 6.86. The molecule has 0 aliphatic carbocycles. The molecule has 3 rings (SSSR count). The molecule has 3 nitrogen and oxygen atoms in total. The summed E-state index contributed by atoms with van der Waals surface area (Å²) in [6.07, 6.45) is 0. The molecule has 0 unspecified atom stereocenters. The number of Topliss-reactive ketones (excluding diaryl/α,β-unsaturated/α-hetero) is 1. The van der Waals surface area contributed by atoms with E-state index in [1.807, 2.05) is 36.4 Å². The van der Waals surface area contributed by atoms with Gasteiger partial charge in [0, 0.05) is 5.56 Å². The van der Waals surface area contributed by atoms with Gasteiger partial charge in [-0.25, -0.2) is 4.98 Å². The average molecular weight is 283 g/mol. The summed E-state index contributed by atoms with van der Waals surface area (Å²) in [5.74, 6) is 0.729. The van der Waals surface area contributed by atoms with E-state index in [4.69, 9.17) is 4.74 Å². The first-order valence-corrected chi connectivity index (χ1v) is 7.12. The SMILES string of the molecule is CC(=O)c1cccc(OCc2nc3ccccc3s2)c1. The highest BCUT2D eigenvalue weighted by molar-refractivity contribution is 7.18. The summed E-state index contributed by atoms with van der Waals surface area (Å²) in [6.45, 7) is 1.97. The second-order valence-electron chi connectivity index (χ2n) is 4.45. The van der Waals surface area contributed by atoms with Crippen LogP contribution in [0.4, 0.5) is 0 Å².